The van der Waals surface area contributed by atoms with Crippen molar-refractivity contribution in [2.45, 2.75) is 31.7 Å². The first-order chi connectivity index (χ1) is 9.74. The number of ether oxygens (including phenoxy) is 1. The Balaban J connectivity index is 2.16. The quantitative estimate of drug-likeness (QED) is 0.676. The van der Waals surface area contributed by atoms with Crippen molar-refractivity contribution >= 4 is 12.0 Å². The number of para-hydroxylation sites is 1. The number of hydrogen-bond donors (Lipinski definition) is 1. The van der Waals surface area contributed by atoms with Gasteiger partial charge in [-0.1, -0.05) is 31.0 Å². The molecule has 0 unspecified atom stereocenters. The predicted molar refractivity (Wildman–Crippen MR) is 77.0 cm³/mol. The van der Waals surface area contributed by atoms with E-state index in [4.69, 9.17) is 4.74 Å². The number of nitriles is 1. The third kappa shape index (κ3) is 3.39. The Morgan fingerprint density at radius 3 is 2.75 bits per heavy atom. The lowest BCUT2D eigenvalue weighted by Gasteiger charge is -2.11. The van der Waals surface area contributed by atoms with E-state index in [-0.39, 0.29) is 17.5 Å². The van der Waals surface area contributed by atoms with E-state index in [2.05, 4.69) is 5.32 Å². The van der Waals surface area contributed by atoms with Crippen molar-refractivity contribution < 1.29 is 9.53 Å². The number of amides is 1. The first kappa shape index (κ1) is 14.1. The molecular formula is C16H18N2O2. The van der Waals surface area contributed by atoms with E-state index in [9.17, 15) is 10.1 Å². The Bertz CT molecular complexity index is 552. The summed E-state index contributed by atoms with van der Waals surface area (Å²) in [5, 5.41) is 12.1. The van der Waals surface area contributed by atoms with Gasteiger partial charge in [0.15, 0.2) is 0 Å². The highest BCUT2D eigenvalue weighted by Gasteiger charge is 2.19. The Labute approximate surface area is 119 Å². The summed E-state index contributed by atoms with van der Waals surface area (Å²) in [6, 6.07) is 9.49. The number of nitrogens with one attached hydrogen (secondary N) is 1. The van der Waals surface area contributed by atoms with Gasteiger partial charge in [0.25, 0.3) is 5.91 Å². The summed E-state index contributed by atoms with van der Waals surface area (Å²) < 4.78 is 5.22. The monoisotopic (exact) mass is 270 g/mol. The van der Waals surface area contributed by atoms with Crippen molar-refractivity contribution in [2.75, 3.05) is 7.11 Å². The van der Waals surface area contributed by atoms with E-state index in [1.165, 1.54) is 0 Å². The minimum atomic E-state index is -0.301. The highest BCUT2D eigenvalue weighted by molar-refractivity contribution is 6.02. The van der Waals surface area contributed by atoms with Crippen LogP contribution in [0.5, 0.6) is 5.75 Å². The summed E-state index contributed by atoms with van der Waals surface area (Å²) in [6.07, 6.45) is 5.85. The molecule has 1 aliphatic rings. The fraction of sp³-hybridized carbons (Fsp3) is 0.375. The van der Waals surface area contributed by atoms with Crippen LogP contribution in [-0.2, 0) is 4.79 Å². The molecule has 0 saturated heterocycles. The average molecular weight is 270 g/mol. The van der Waals surface area contributed by atoms with Gasteiger partial charge in [0.2, 0.25) is 0 Å². The number of hydrogen-bond acceptors (Lipinski definition) is 3. The van der Waals surface area contributed by atoms with Gasteiger partial charge in [-0.25, -0.2) is 0 Å². The average Bonchev–Trinajstić information content (AvgIpc) is 2.97. The lowest BCUT2D eigenvalue weighted by Crippen LogP contribution is -2.33. The van der Waals surface area contributed by atoms with Gasteiger partial charge in [-0.05, 0) is 25.0 Å². The third-order valence-electron chi connectivity index (χ3n) is 3.49. The number of benzene rings is 1. The topological polar surface area (TPSA) is 62.1 Å². The van der Waals surface area contributed by atoms with Crippen molar-refractivity contribution in [3.8, 4) is 11.8 Å². The molecule has 0 aliphatic heterocycles. The van der Waals surface area contributed by atoms with Gasteiger partial charge in [-0.3, -0.25) is 4.79 Å². The number of carbonyl (C=O) groups excluding carboxylic acids is 1. The van der Waals surface area contributed by atoms with Gasteiger partial charge in [0.1, 0.15) is 17.4 Å². The second-order valence-corrected chi connectivity index (χ2v) is 4.87. The zero-order chi connectivity index (χ0) is 14.4. The maximum Gasteiger partial charge on any atom is 0.262 e. The summed E-state index contributed by atoms with van der Waals surface area (Å²) >= 11 is 0. The van der Waals surface area contributed by atoms with Gasteiger partial charge in [-0.2, -0.15) is 5.26 Å². The van der Waals surface area contributed by atoms with Crippen molar-refractivity contribution in [3.63, 3.8) is 0 Å². The first-order valence-corrected chi connectivity index (χ1v) is 6.80. The Morgan fingerprint density at radius 2 is 2.10 bits per heavy atom. The smallest absolute Gasteiger partial charge is 0.262 e. The molecule has 1 saturated carbocycles. The summed E-state index contributed by atoms with van der Waals surface area (Å²) in [6.45, 7) is 0. The minimum Gasteiger partial charge on any atom is -0.496 e. The van der Waals surface area contributed by atoms with Gasteiger partial charge in [0, 0.05) is 11.6 Å². The van der Waals surface area contributed by atoms with E-state index in [1.54, 1.807) is 19.3 Å². The van der Waals surface area contributed by atoms with Crippen molar-refractivity contribution in [3.05, 3.63) is 35.4 Å². The molecule has 104 valence electrons. The van der Waals surface area contributed by atoms with Crippen LogP contribution in [0.2, 0.25) is 0 Å². The van der Waals surface area contributed by atoms with Crippen LogP contribution in [0.1, 0.15) is 31.2 Å². The minimum absolute atomic E-state index is 0.112. The van der Waals surface area contributed by atoms with Crippen LogP contribution in [0.4, 0.5) is 0 Å². The Hall–Kier alpha value is -2.28. The molecule has 0 radical (unpaired) electrons. The molecule has 1 amide bonds. The van der Waals surface area contributed by atoms with Crippen LogP contribution in [0, 0.1) is 11.3 Å². The summed E-state index contributed by atoms with van der Waals surface area (Å²) in [7, 11) is 1.57. The molecule has 0 spiro atoms. The summed E-state index contributed by atoms with van der Waals surface area (Å²) in [5.41, 5.74) is 0.842. The van der Waals surface area contributed by atoms with Crippen molar-refractivity contribution in [1.29, 1.82) is 5.26 Å². The zero-order valence-corrected chi connectivity index (χ0v) is 11.6. The highest BCUT2D eigenvalue weighted by atomic mass is 16.5. The normalized spacial score (nSPS) is 15.7. The van der Waals surface area contributed by atoms with Crippen LogP contribution in [0.25, 0.3) is 6.08 Å². The number of rotatable bonds is 4. The Kier molecular flexibility index (Phi) is 4.78. The van der Waals surface area contributed by atoms with E-state index in [0.29, 0.717) is 5.75 Å². The molecule has 1 N–H and O–H groups in total. The van der Waals surface area contributed by atoms with Gasteiger partial charge >= 0.3 is 0 Å². The molecular weight excluding hydrogens is 252 g/mol. The van der Waals surface area contributed by atoms with Crippen molar-refractivity contribution in [2.24, 2.45) is 0 Å². The number of methoxy groups -OCH3 is 1. The molecule has 0 bridgehead atoms. The predicted octanol–water partition coefficient (Wildman–Crippen LogP) is 2.66. The lowest BCUT2D eigenvalue weighted by molar-refractivity contribution is -0.117. The second-order valence-electron chi connectivity index (χ2n) is 4.87. The summed E-state index contributed by atoms with van der Waals surface area (Å²) in [5.74, 6) is 0.347. The largest absolute Gasteiger partial charge is 0.496 e. The molecule has 4 nitrogen and oxygen atoms in total. The summed E-state index contributed by atoms with van der Waals surface area (Å²) in [4.78, 5) is 12.1. The highest BCUT2D eigenvalue weighted by Crippen LogP contribution is 2.21. The maximum absolute atomic E-state index is 12.1. The molecule has 0 heterocycles. The van der Waals surface area contributed by atoms with E-state index in [0.717, 1.165) is 31.2 Å². The third-order valence-corrected chi connectivity index (χ3v) is 3.49. The molecule has 1 aliphatic carbocycles. The Morgan fingerprint density at radius 1 is 1.40 bits per heavy atom. The fourth-order valence-corrected chi connectivity index (χ4v) is 2.42. The van der Waals surface area contributed by atoms with Crippen LogP contribution >= 0.6 is 0 Å². The van der Waals surface area contributed by atoms with Crippen LogP contribution in [0.15, 0.2) is 29.8 Å². The molecule has 2 rings (SSSR count). The second kappa shape index (κ2) is 6.76. The number of nitrogens with zero attached hydrogens (tertiary/aromatic N) is 1. The molecule has 4 heteroatoms. The number of carbonyl (C=O) groups is 1. The molecule has 0 atom stereocenters. The molecule has 1 aromatic carbocycles. The fourth-order valence-electron chi connectivity index (χ4n) is 2.42. The van der Waals surface area contributed by atoms with Crippen LogP contribution < -0.4 is 10.1 Å². The standard InChI is InChI=1S/C16H18N2O2/c1-20-15-9-5-2-6-12(15)10-13(11-17)16(19)18-14-7-3-4-8-14/h2,5-6,9-10,14H,3-4,7-8H2,1H3,(H,18,19). The van der Waals surface area contributed by atoms with Crippen LogP contribution in [0.3, 0.4) is 0 Å². The van der Waals surface area contributed by atoms with Crippen molar-refractivity contribution in [1.82, 2.24) is 5.32 Å². The zero-order valence-electron chi connectivity index (χ0n) is 11.6. The lowest BCUT2D eigenvalue weighted by atomic mass is 10.1. The van der Waals surface area contributed by atoms with E-state index < -0.39 is 0 Å². The van der Waals surface area contributed by atoms with Gasteiger partial charge in [0.05, 0.1) is 7.11 Å². The van der Waals surface area contributed by atoms with E-state index >= 15 is 0 Å². The molecule has 20 heavy (non-hydrogen) atoms. The molecule has 1 fully saturated rings. The molecule has 1 aromatic rings. The van der Waals surface area contributed by atoms with E-state index in [1.807, 2.05) is 24.3 Å². The maximum atomic E-state index is 12.1. The molecule has 0 aromatic heterocycles. The first-order valence-electron chi connectivity index (χ1n) is 6.80. The van der Waals surface area contributed by atoms with Gasteiger partial charge in [-0.15, -0.1) is 0 Å². The van der Waals surface area contributed by atoms with Gasteiger partial charge < -0.3 is 10.1 Å². The SMILES string of the molecule is COc1ccccc1C=C(C#N)C(=O)NC1CCCC1. The van der Waals surface area contributed by atoms with Crippen LogP contribution in [-0.4, -0.2) is 19.1 Å².